The van der Waals surface area contributed by atoms with Gasteiger partial charge in [0.1, 0.15) is 11.4 Å². The van der Waals surface area contributed by atoms with Crippen LogP contribution >= 0.6 is 0 Å². The van der Waals surface area contributed by atoms with Crippen LogP contribution in [0.25, 0.3) is 0 Å². The largest absolute Gasteiger partial charge is 0.333 e. The fourth-order valence-corrected chi connectivity index (χ4v) is 4.24. The lowest BCUT2D eigenvalue weighted by molar-refractivity contribution is 0.0150. The van der Waals surface area contributed by atoms with Gasteiger partial charge in [-0.1, -0.05) is 12.8 Å². The molecule has 1 aromatic heterocycles. The first-order chi connectivity index (χ1) is 11.6. The number of carbonyl (C=O) groups excluding carboxylic acids is 1. The van der Waals surface area contributed by atoms with Crippen LogP contribution in [0.4, 0.5) is 0 Å². The van der Waals surface area contributed by atoms with E-state index in [2.05, 4.69) is 21.8 Å². The standard InChI is InChI=1S/C18H26N4O2/c1-12-10-21-8-3-2-7-14(21)11-22(12)18(24)15-9-19-16(20-17(15)23)13-5-4-6-13/h9,12-14H,2-8,10-11H2,1H3,(H,19,20,23). The number of nitrogens with one attached hydrogen (secondary N) is 1. The van der Waals surface area contributed by atoms with Crippen LogP contribution in [0.1, 0.15) is 67.5 Å². The molecule has 1 N–H and O–H groups in total. The number of aromatic nitrogens is 2. The Morgan fingerprint density at radius 1 is 1.21 bits per heavy atom. The highest BCUT2D eigenvalue weighted by Crippen LogP contribution is 2.33. The van der Waals surface area contributed by atoms with Gasteiger partial charge >= 0.3 is 0 Å². The molecule has 2 atom stereocenters. The first-order valence-electron chi connectivity index (χ1n) is 9.27. The summed E-state index contributed by atoms with van der Waals surface area (Å²) in [4.78, 5) is 36.9. The van der Waals surface area contributed by atoms with Gasteiger partial charge in [-0.25, -0.2) is 4.98 Å². The molecule has 4 rings (SSSR count). The second kappa shape index (κ2) is 6.31. The van der Waals surface area contributed by atoms with Gasteiger partial charge in [0.05, 0.1) is 0 Å². The molecule has 0 aromatic carbocycles. The Labute approximate surface area is 142 Å². The van der Waals surface area contributed by atoms with Crippen LogP contribution in [0.5, 0.6) is 0 Å². The smallest absolute Gasteiger partial charge is 0.263 e. The van der Waals surface area contributed by atoms with E-state index in [1.807, 2.05) is 4.90 Å². The van der Waals surface area contributed by atoms with E-state index in [-0.39, 0.29) is 23.1 Å². The summed E-state index contributed by atoms with van der Waals surface area (Å²) in [5.74, 6) is 0.946. The molecule has 130 valence electrons. The van der Waals surface area contributed by atoms with Gasteiger partial charge < -0.3 is 9.88 Å². The van der Waals surface area contributed by atoms with E-state index in [1.54, 1.807) is 0 Å². The van der Waals surface area contributed by atoms with E-state index in [0.717, 1.165) is 44.7 Å². The zero-order chi connectivity index (χ0) is 16.7. The number of fused-ring (bicyclic) bond motifs is 1. The van der Waals surface area contributed by atoms with E-state index in [4.69, 9.17) is 0 Å². The van der Waals surface area contributed by atoms with E-state index in [1.165, 1.54) is 25.5 Å². The maximum atomic E-state index is 12.9. The van der Waals surface area contributed by atoms with Gasteiger partial charge in [0, 0.05) is 37.3 Å². The van der Waals surface area contributed by atoms with E-state index in [9.17, 15) is 9.59 Å². The number of H-pyrrole nitrogens is 1. The van der Waals surface area contributed by atoms with Crippen LogP contribution < -0.4 is 5.56 Å². The van der Waals surface area contributed by atoms with Crippen molar-refractivity contribution in [1.82, 2.24) is 19.8 Å². The molecule has 0 bridgehead atoms. The number of piperidine rings is 1. The summed E-state index contributed by atoms with van der Waals surface area (Å²) in [6.45, 7) is 4.84. The number of rotatable bonds is 2. The topological polar surface area (TPSA) is 69.3 Å². The Balaban J connectivity index is 1.53. The average molecular weight is 330 g/mol. The highest BCUT2D eigenvalue weighted by Gasteiger charge is 2.36. The van der Waals surface area contributed by atoms with Gasteiger partial charge in [-0.3, -0.25) is 14.5 Å². The Kier molecular flexibility index (Phi) is 4.16. The summed E-state index contributed by atoms with van der Waals surface area (Å²) in [5.41, 5.74) is -0.0932. The maximum absolute atomic E-state index is 12.9. The molecule has 6 nitrogen and oxygen atoms in total. The quantitative estimate of drug-likeness (QED) is 0.897. The van der Waals surface area contributed by atoms with Gasteiger partial charge in [0.25, 0.3) is 11.5 Å². The molecule has 3 fully saturated rings. The van der Waals surface area contributed by atoms with E-state index in [0.29, 0.717) is 12.0 Å². The van der Waals surface area contributed by atoms with Crippen LogP contribution in [0.15, 0.2) is 11.0 Å². The predicted molar refractivity (Wildman–Crippen MR) is 91.2 cm³/mol. The fourth-order valence-electron chi connectivity index (χ4n) is 4.24. The van der Waals surface area contributed by atoms with Crippen molar-refractivity contribution in [2.45, 2.75) is 63.5 Å². The molecule has 1 aliphatic carbocycles. The SMILES string of the molecule is CC1CN2CCCCC2CN1C(=O)c1cnc(C2CCC2)[nH]c1=O. The van der Waals surface area contributed by atoms with Crippen molar-refractivity contribution in [3.05, 3.63) is 27.9 Å². The molecule has 2 aliphatic heterocycles. The number of carbonyl (C=O) groups is 1. The molecule has 24 heavy (non-hydrogen) atoms. The molecule has 1 saturated carbocycles. The molecule has 0 spiro atoms. The fraction of sp³-hybridized carbons (Fsp3) is 0.722. The Hall–Kier alpha value is -1.69. The zero-order valence-corrected chi connectivity index (χ0v) is 14.3. The van der Waals surface area contributed by atoms with Crippen LogP contribution in [-0.4, -0.2) is 57.4 Å². The van der Waals surface area contributed by atoms with Crippen molar-refractivity contribution in [2.75, 3.05) is 19.6 Å². The van der Waals surface area contributed by atoms with Gasteiger partial charge in [-0.05, 0) is 39.2 Å². The van der Waals surface area contributed by atoms with Crippen LogP contribution in [0, 0.1) is 0 Å². The van der Waals surface area contributed by atoms with Crippen LogP contribution in [-0.2, 0) is 0 Å². The minimum Gasteiger partial charge on any atom is -0.333 e. The first-order valence-corrected chi connectivity index (χ1v) is 9.27. The van der Waals surface area contributed by atoms with Gasteiger partial charge in [0.15, 0.2) is 0 Å². The minimum absolute atomic E-state index is 0.137. The molecule has 1 amide bonds. The molecule has 6 heteroatoms. The minimum atomic E-state index is -0.282. The zero-order valence-electron chi connectivity index (χ0n) is 14.3. The molecule has 2 saturated heterocycles. The monoisotopic (exact) mass is 330 g/mol. The summed E-state index contributed by atoms with van der Waals surface area (Å²) in [6, 6.07) is 0.581. The third-order valence-corrected chi connectivity index (χ3v) is 5.99. The van der Waals surface area contributed by atoms with Gasteiger partial charge in [-0.2, -0.15) is 0 Å². The molecule has 0 radical (unpaired) electrons. The summed E-state index contributed by atoms with van der Waals surface area (Å²) in [6.07, 6.45) is 8.48. The third-order valence-electron chi connectivity index (χ3n) is 5.99. The first kappa shape index (κ1) is 15.8. The van der Waals surface area contributed by atoms with Crippen molar-refractivity contribution in [2.24, 2.45) is 0 Å². The number of amides is 1. The molecule has 3 aliphatic rings. The number of hydrogen-bond acceptors (Lipinski definition) is 4. The van der Waals surface area contributed by atoms with Gasteiger partial charge in [-0.15, -0.1) is 0 Å². The number of nitrogens with zero attached hydrogens (tertiary/aromatic N) is 3. The van der Waals surface area contributed by atoms with Crippen molar-refractivity contribution >= 4 is 5.91 Å². The third kappa shape index (κ3) is 2.77. The molecule has 3 heterocycles. The lowest BCUT2D eigenvalue weighted by Crippen LogP contribution is -2.60. The highest BCUT2D eigenvalue weighted by molar-refractivity contribution is 5.93. The van der Waals surface area contributed by atoms with E-state index >= 15 is 0 Å². The Morgan fingerprint density at radius 3 is 2.75 bits per heavy atom. The van der Waals surface area contributed by atoms with Crippen molar-refractivity contribution < 1.29 is 4.79 Å². The van der Waals surface area contributed by atoms with Gasteiger partial charge in [0.2, 0.25) is 0 Å². The average Bonchev–Trinajstić information content (AvgIpc) is 2.52. The second-order valence-corrected chi connectivity index (χ2v) is 7.59. The van der Waals surface area contributed by atoms with E-state index < -0.39 is 0 Å². The maximum Gasteiger partial charge on any atom is 0.263 e. The summed E-state index contributed by atoms with van der Waals surface area (Å²) in [5, 5.41) is 0. The summed E-state index contributed by atoms with van der Waals surface area (Å²) < 4.78 is 0. The Morgan fingerprint density at radius 2 is 2.04 bits per heavy atom. The van der Waals surface area contributed by atoms with Crippen molar-refractivity contribution in [1.29, 1.82) is 0 Å². The lowest BCUT2D eigenvalue weighted by atomic mass is 9.85. The normalized spacial score (nSPS) is 28.3. The van der Waals surface area contributed by atoms with Crippen molar-refractivity contribution in [3.63, 3.8) is 0 Å². The Bertz CT molecular complexity index is 682. The van der Waals surface area contributed by atoms with Crippen LogP contribution in [0.2, 0.25) is 0 Å². The molecule has 1 aromatic rings. The lowest BCUT2D eigenvalue weighted by Gasteiger charge is -2.47. The van der Waals surface area contributed by atoms with Crippen molar-refractivity contribution in [3.8, 4) is 0 Å². The van der Waals surface area contributed by atoms with Crippen LogP contribution in [0.3, 0.4) is 0 Å². The number of aromatic amines is 1. The second-order valence-electron chi connectivity index (χ2n) is 7.59. The predicted octanol–water partition coefficient (Wildman–Crippen LogP) is 1.74. The molecular weight excluding hydrogens is 304 g/mol. The number of piperazine rings is 1. The number of hydrogen-bond donors (Lipinski definition) is 1. The summed E-state index contributed by atoms with van der Waals surface area (Å²) in [7, 11) is 0. The molecular formula is C18H26N4O2. The summed E-state index contributed by atoms with van der Waals surface area (Å²) >= 11 is 0. The highest BCUT2D eigenvalue weighted by atomic mass is 16.2. The molecule has 2 unspecified atom stereocenters.